The molecule has 9 heteroatoms. The number of hydrogen-bond donors (Lipinski definition) is 3. The zero-order chi connectivity index (χ0) is 32.4. The number of thioether (sulfide) groups is 1. The molecule has 2 amide bonds. The largest absolute Gasteiger partial charge is 0.618 e. The molecule has 1 fully saturated rings. The Morgan fingerprint density at radius 3 is 2.21 bits per heavy atom. The molecule has 240 valence electrons. The predicted molar refractivity (Wildman–Crippen MR) is 182 cm³/mol. The van der Waals surface area contributed by atoms with Crippen LogP contribution in [0.1, 0.15) is 46.6 Å². The number of hydrogen-bond acceptors (Lipinski definition) is 6. The monoisotopic (exact) mass is 647 g/mol. The van der Waals surface area contributed by atoms with Gasteiger partial charge in [-0.15, -0.1) is 0 Å². The standard InChI is InChI=1S/C38H37N3O5S/c42-25-28-12-14-31(15-13-28)35-22-34(26-47-36-11-4-5-20-41(36)44)45-37(46-35)32-18-16-30(17-19-32)33-10-6-9-29(21-33)24-40-38(43)39-23-27-7-2-1-3-8-27/h1-21,34-35,37,42H,22-26H2,(H2,39,40,43). The predicted octanol–water partition coefficient (Wildman–Crippen LogP) is 6.82. The molecule has 6 rings (SSSR count). The summed E-state index contributed by atoms with van der Waals surface area (Å²) in [6.45, 7) is 0.863. The summed E-state index contributed by atoms with van der Waals surface area (Å²) in [5.74, 6) is 0.598. The highest BCUT2D eigenvalue weighted by Gasteiger charge is 2.32. The lowest BCUT2D eigenvalue weighted by Gasteiger charge is -2.36. The highest BCUT2D eigenvalue weighted by molar-refractivity contribution is 7.99. The van der Waals surface area contributed by atoms with Gasteiger partial charge in [-0.25, -0.2) is 4.79 Å². The number of pyridine rings is 1. The smallest absolute Gasteiger partial charge is 0.315 e. The van der Waals surface area contributed by atoms with Gasteiger partial charge in [-0.05, 0) is 45.5 Å². The van der Waals surface area contributed by atoms with Gasteiger partial charge in [-0.1, -0.05) is 109 Å². The second kappa shape index (κ2) is 15.8. The zero-order valence-electron chi connectivity index (χ0n) is 25.8. The Morgan fingerprint density at radius 1 is 0.766 bits per heavy atom. The summed E-state index contributed by atoms with van der Waals surface area (Å²) in [7, 11) is 0. The molecular formula is C38H37N3O5S. The average molecular weight is 648 g/mol. The number of amides is 2. The first kappa shape index (κ1) is 32.3. The maximum atomic E-state index is 12.4. The third-order valence-electron chi connectivity index (χ3n) is 8.01. The quantitative estimate of drug-likeness (QED) is 0.0826. The van der Waals surface area contributed by atoms with Crippen molar-refractivity contribution in [3.8, 4) is 11.1 Å². The highest BCUT2D eigenvalue weighted by Crippen LogP contribution is 2.39. The van der Waals surface area contributed by atoms with Gasteiger partial charge in [0.25, 0.3) is 5.03 Å². The molecule has 3 unspecified atom stereocenters. The Morgan fingerprint density at radius 2 is 1.47 bits per heavy atom. The van der Waals surface area contributed by atoms with E-state index in [0.29, 0.717) is 30.3 Å². The van der Waals surface area contributed by atoms with Gasteiger partial charge in [0, 0.05) is 43.0 Å². The Hall–Kier alpha value is -4.67. The molecule has 4 aromatic carbocycles. The first-order chi connectivity index (χ1) is 23.0. The molecule has 1 aromatic heterocycles. The number of carbonyl (C=O) groups excluding carboxylic acids is 1. The van der Waals surface area contributed by atoms with Crippen LogP contribution < -0.4 is 15.4 Å². The van der Waals surface area contributed by atoms with Crippen LogP contribution in [0.5, 0.6) is 0 Å². The molecule has 2 heterocycles. The average Bonchev–Trinajstić information content (AvgIpc) is 3.13. The van der Waals surface area contributed by atoms with Crippen molar-refractivity contribution in [3.63, 3.8) is 0 Å². The number of nitrogens with zero attached hydrogens (tertiary/aromatic N) is 1. The summed E-state index contributed by atoms with van der Waals surface area (Å²) >= 11 is 1.47. The molecule has 0 spiro atoms. The van der Waals surface area contributed by atoms with Crippen LogP contribution in [0.2, 0.25) is 0 Å². The van der Waals surface area contributed by atoms with E-state index >= 15 is 0 Å². The summed E-state index contributed by atoms with van der Waals surface area (Å²) in [5, 5.41) is 28.2. The van der Waals surface area contributed by atoms with Crippen molar-refractivity contribution in [2.24, 2.45) is 0 Å². The second-order valence-electron chi connectivity index (χ2n) is 11.4. The molecule has 3 atom stereocenters. The molecule has 0 aliphatic carbocycles. The van der Waals surface area contributed by atoms with Crippen LogP contribution in [0.25, 0.3) is 11.1 Å². The van der Waals surface area contributed by atoms with Crippen LogP contribution in [0, 0.1) is 5.21 Å². The Balaban J connectivity index is 1.12. The molecule has 1 aliphatic rings. The number of nitrogens with one attached hydrogen (secondary N) is 2. The minimum Gasteiger partial charge on any atom is -0.618 e. The number of carbonyl (C=O) groups is 1. The Kier molecular flexibility index (Phi) is 10.8. The van der Waals surface area contributed by atoms with Crippen molar-refractivity contribution in [1.29, 1.82) is 0 Å². The number of ether oxygens (including phenoxy) is 2. The van der Waals surface area contributed by atoms with Crippen LogP contribution in [0.3, 0.4) is 0 Å². The van der Waals surface area contributed by atoms with Crippen LogP contribution in [-0.2, 0) is 29.2 Å². The molecule has 1 aliphatic heterocycles. The third-order valence-corrected chi connectivity index (χ3v) is 9.16. The topological polar surface area (TPSA) is 107 Å². The van der Waals surface area contributed by atoms with Gasteiger partial charge in [0.2, 0.25) is 0 Å². The third kappa shape index (κ3) is 8.78. The summed E-state index contributed by atoms with van der Waals surface area (Å²) in [6, 6.07) is 39.0. The van der Waals surface area contributed by atoms with E-state index in [-0.39, 0.29) is 24.8 Å². The first-order valence-electron chi connectivity index (χ1n) is 15.6. The number of urea groups is 1. The maximum absolute atomic E-state index is 12.4. The van der Waals surface area contributed by atoms with Crippen molar-refractivity contribution in [2.45, 2.75) is 49.6 Å². The summed E-state index contributed by atoms with van der Waals surface area (Å²) in [6.07, 6.45) is 1.17. The maximum Gasteiger partial charge on any atom is 0.315 e. The van der Waals surface area contributed by atoms with Crippen molar-refractivity contribution in [3.05, 3.63) is 161 Å². The van der Waals surface area contributed by atoms with Crippen molar-refractivity contribution >= 4 is 17.8 Å². The molecule has 0 bridgehead atoms. The van der Waals surface area contributed by atoms with E-state index in [9.17, 15) is 15.1 Å². The van der Waals surface area contributed by atoms with E-state index in [1.807, 2.05) is 97.1 Å². The zero-order valence-corrected chi connectivity index (χ0v) is 26.6. The van der Waals surface area contributed by atoms with E-state index in [1.54, 1.807) is 6.07 Å². The molecule has 1 saturated heterocycles. The lowest BCUT2D eigenvalue weighted by molar-refractivity contribution is -0.645. The Labute approximate surface area is 279 Å². The van der Waals surface area contributed by atoms with E-state index < -0.39 is 6.29 Å². The van der Waals surface area contributed by atoms with Crippen LogP contribution in [0.15, 0.2) is 133 Å². The van der Waals surface area contributed by atoms with Crippen LogP contribution in [-0.4, -0.2) is 23.0 Å². The normalized spacial score (nSPS) is 17.6. The van der Waals surface area contributed by atoms with Gasteiger partial charge in [0.1, 0.15) is 0 Å². The van der Waals surface area contributed by atoms with Gasteiger partial charge < -0.3 is 30.4 Å². The minimum atomic E-state index is -0.592. The van der Waals surface area contributed by atoms with E-state index in [2.05, 4.69) is 28.8 Å². The van der Waals surface area contributed by atoms with E-state index in [0.717, 1.165) is 43.7 Å². The van der Waals surface area contributed by atoms with Crippen LogP contribution >= 0.6 is 11.8 Å². The fraction of sp³-hybridized carbons (Fsp3) is 0.211. The lowest BCUT2D eigenvalue weighted by atomic mass is 9.99. The first-order valence-corrected chi connectivity index (χ1v) is 16.6. The Bertz CT molecular complexity index is 1750. The second-order valence-corrected chi connectivity index (χ2v) is 12.4. The van der Waals surface area contributed by atoms with Crippen molar-refractivity contribution in [2.75, 3.05) is 5.75 Å². The van der Waals surface area contributed by atoms with Gasteiger partial charge in [0.15, 0.2) is 12.5 Å². The number of benzene rings is 4. The molecule has 0 radical (unpaired) electrons. The number of rotatable bonds is 11. The highest BCUT2D eigenvalue weighted by atomic mass is 32.2. The molecule has 8 nitrogen and oxygen atoms in total. The SMILES string of the molecule is O=C(NCc1ccccc1)NCc1cccc(-c2ccc(C3OC(CSc4cccc[n+]4[O-])CC(c4ccc(CO)cc4)O3)cc2)c1. The fourth-order valence-electron chi connectivity index (χ4n) is 5.44. The van der Waals surface area contributed by atoms with Crippen molar-refractivity contribution < 1.29 is 24.1 Å². The number of aromatic nitrogens is 1. The van der Waals surface area contributed by atoms with Gasteiger partial charge in [0.05, 0.1) is 18.8 Å². The van der Waals surface area contributed by atoms with Crippen LogP contribution in [0.4, 0.5) is 4.79 Å². The van der Waals surface area contributed by atoms with Crippen molar-refractivity contribution in [1.82, 2.24) is 10.6 Å². The molecule has 5 aromatic rings. The molecule has 47 heavy (non-hydrogen) atoms. The number of aliphatic hydroxyl groups is 1. The molecule has 0 saturated carbocycles. The molecular weight excluding hydrogens is 611 g/mol. The summed E-state index contributed by atoms with van der Waals surface area (Å²) in [4.78, 5) is 12.4. The van der Waals surface area contributed by atoms with Gasteiger partial charge in [-0.3, -0.25) is 0 Å². The van der Waals surface area contributed by atoms with E-state index in [1.165, 1.54) is 18.0 Å². The van der Waals surface area contributed by atoms with Gasteiger partial charge in [-0.2, -0.15) is 4.73 Å². The lowest BCUT2D eigenvalue weighted by Crippen LogP contribution is -2.34. The summed E-state index contributed by atoms with van der Waals surface area (Å²) < 4.78 is 13.8. The van der Waals surface area contributed by atoms with Gasteiger partial charge >= 0.3 is 6.03 Å². The number of aliphatic hydroxyl groups excluding tert-OH is 1. The minimum absolute atomic E-state index is 0.0149. The summed E-state index contributed by atoms with van der Waals surface area (Å²) in [5.41, 5.74) is 6.86. The van der Waals surface area contributed by atoms with E-state index in [4.69, 9.17) is 9.47 Å². The molecule has 3 N–H and O–H groups in total. The fourth-order valence-corrected chi connectivity index (χ4v) is 6.38.